The third-order valence-electron chi connectivity index (χ3n) is 3.98. The molecule has 1 atom stereocenters. The third-order valence-corrected chi connectivity index (χ3v) is 3.98. The minimum Gasteiger partial charge on any atom is -0.395 e. The summed E-state index contributed by atoms with van der Waals surface area (Å²) in [6.07, 6.45) is 8.53. The molecule has 108 valence electrons. The lowest BCUT2D eigenvalue weighted by Gasteiger charge is -2.22. The first-order valence-corrected chi connectivity index (χ1v) is 7.32. The molecule has 0 bridgehead atoms. The molecule has 0 saturated carbocycles. The zero-order valence-electron chi connectivity index (χ0n) is 11.9. The lowest BCUT2D eigenvalue weighted by molar-refractivity contribution is 0.157. The van der Waals surface area contributed by atoms with Gasteiger partial charge in [0.25, 0.3) is 0 Å². The van der Waals surface area contributed by atoms with Crippen molar-refractivity contribution in [1.82, 2.24) is 19.8 Å². The highest BCUT2D eigenvalue weighted by molar-refractivity contribution is 4.96. The fourth-order valence-corrected chi connectivity index (χ4v) is 2.73. The van der Waals surface area contributed by atoms with Gasteiger partial charge in [-0.25, -0.2) is 4.98 Å². The normalized spacial score (nSPS) is 20.2. The Bertz CT molecular complexity index is 366. The first kappa shape index (κ1) is 14.5. The van der Waals surface area contributed by atoms with Crippen LogP contribution in [0.3, 0.4) is 0 Å². The van der Waals surface area contributed by atoms with Gasteiger partial charge in [0.05, 0.1) is 18.6 Å². The lowest BCUT2D eigenvalue weighted by Crippen LogP contribution is -2.33. The largest absolute Gasteiger partial charge is 0.395 e. The number of unbranched alkanes of at least 4 members (excludes halogenated alkanes) is 1. The number of nitrogens with one attached hydrogen (secondary N) is 1. The Morgan fingerprint density at radius 2 is 2.37 bits per heavy atom. The number of aryl methyl sites for hydroxylation is 1. The number of hydrogen-bond acceptors (Lipinski definition) is 4. The van der Waals surface area contributed by atoms with E-state index >= 15 is 0 Å². The van der Waals surface area contributed by atoms with Crippen LogP contribution in [-0.4, -0.2) is 51.8 Å². The van der Waals surface area contributed by atoms with E-state index in [1.54, 1.807) is 0 Å². The summed E-state index contributed by atoms with van der Waals surface area (Å²) in [5.74, 6) is 0. The molecule has 0 amide bonds. The Morgan fingerprint density at radius 3 is 3.11 bits per heavy atom. The SMILES string of the molecule is Cn1cncc1CNCCCCN1CCC[C@@H]1CO. The van der Waals surface area contributed by atoms with Gasteiger partial charge in [0.2, 0.25) is 0 Å². The van der Waals surface area contributed by atoms with E-state index in [0.29, 0.717) is 12.6 Å². The van der Waals surface area contributed by atoms with Gasteiger partial charge < -0.3 is 15.0 Å². The monoisotopic (exact) mass is 266 g/mol. The van der Waals surface area contributed by atoms with Gasteiger partial charge in [-0.3, -0.25) is 4.90 Å². The number of likely N-dealkylation sites (tertiary alicyclic amines) is 1. The van der Waals surface area contributed by atoms with E-state index in [-0.39, 0.29) is 0 Å². The zero-order chi connectivity index (χ0) is 13.5. The fourth-order valence-electron chi connectivity index (χ4n) is 2.73. The quantitative estimate of drug-likeness (QED) is 0.682. The van der Waals surface area contributed by atoms with Crippen LogP contribution in [0.15, 0.2) is 12.5 Å². The van der Waals surface area contributed by atoms with Crippen molar-refractivity contribution in [3.8, 4) is 0 Å². The molecule has 5 nitrogen and oxygen atoms in total. The molecule has 0 radical (unpaired) electrons. The summed E-state index contributed by atoms with van der Waals surface area (Å²) in [6.45, 7) is 4.54. The maximum atomic E-state index is 9.25. The standard InChI is InChI=1S/C14H26N4O/c1-17-12-16-10-14(17)9-15-6-2-3-7-18-8-4-5-13(18)11-19/h10,12-13,15,19H,2-9,11H2,1H3/t13-/m1/s1. The van der Waals surface area contributed by atoms with Crippen molar-refractivity contribution in [3.05, 3.63) is 18.2 Å². The molecule has 1 aliphatic rings. The van der Waals surface area contributed by atoms with Crippen molar-refractivity contribution in [2.24, 2.45) is 7.05 Å². The number of aliphatic hydroxyl groups excluding tert-OH is 1. The van der Waals surface area contributed by atoms with Crippen molar-refractivity contribution in [2.75, 3.05) is 26.2 Å². The predicted octanol–water partition coefficient (Wildman–Crippen LogP) is 0.747. The van der Waals surface area contributed by atoms with E-state index in [0.717, 1.165) is 32.6 Å². The van der Waals surface area contributed by atoms with Crippen LogP contribution in [0.4, 0.5) is 0 Å². The van der Waals surface area contributed by atoms with E-state index < -0.39 is 0 Å². The fraction of sp³-hybridized carbons (Fsp3) is 0.786. The molecule has 0 unspecified atom stereocenters. The minimum atomic E-state index is 0.318. The van der Waals surface area contributed by atoms with Crippen LogP contribution >= 0.6 is 0 Å². The maximum absolute atomic E-state index is 9.25. The molecular weight excluding hydrogens is 240 g/mol. The number of nitrogens with zero attached hydrogens (tertiary/aromatic N) is 3. The van der Waals surface area contributed by atoms with E-state index in [9.17, 15) is 5.11 Å². The minimum absolute atomic E-state index is 0.318. The molecule has 5 heteroatoms. The Morgan fingerprint density at radius 1 is 1.47 bits per heavy atom. The molecule has 1 aliphatic heterocycles. The van der Waals surface area contributed by atoms with Crippen LogP contribution in [0, 0.1) is 0 Å². The summed E-state index contributed by atoms with van der Waals surface area (Å²) in [4.78, 5) is 6.53. The van der Waals surface area contributed by atoms with E-state index in [1.165, 1.54) is 25.0 Å². The van der Waals surface area contributed by atoms with Crippen molar-refractivity contribution >= 4 is 0 Å². The second-order valence-electron chi connectivity index (χ2n) is 5.39. The van der Waals surface area contributed by atoms with E-state index in [1.807, 2.05) is 24.1 Å². The number of aliphatic hydroxyl groups is 1. The van der Waals surface area contributed by atoms with Crippen LogP contribution < -0.4 is 5.32 Å². The number of hydrogen-bond donors (Lipinski definition) is 2. The Labute approximate surface area is 115 Å². The first-order valence-electron chi connectivity index (χ1n) is 7.32. The van der Waals surface area contributed by atoms with Crippen LogP contribution in [0.5, 0.6) is 0 Å². The molecule has 1 aromatic heterocycles. The zero-order valence-corrected chi connectivity index (χ0v) is 11.9. The lowest BCUT2D eigenvalue weighted by atomic mass is 10.2. The number of rotatable bonds is 8. The van der Waals surface area contributed by atoms with E-state index in [2.05, 4.69) is 15.2 Å². The second-order valence-corrected chi connectivity index (χ2v) is 5.39. The van der Waals surface area contributed by atoms with Gasteiger partial charge in [-0.1, -0.05) is 0 Å². The van der Waals surface area contributed by atoms with Gasteiger partial charge in [-0.2, -0.15) is 0 Å². The summed E-state index contributed by atoms with van der Waals surface area (Å²) < 4.78 is 2.04. The van der Waals surface area contributed by atoms with Crippen LogP contribution in [-0.2, 0) is 13.6 Å². The van der Waals surface area contributed by atoms with Gasteiger partial charge in [0.15, 0.2) is 0 Å². The average Bonchev–Trinajstić information content (AvgIpc) is 3.02. The average molecular weight is 266 g/mol. The van der Waals surface area contributed by atoms with Crippen molar-refractivity contribution in [3.63, 3.8) is 0 Å². The molecular formula is C14H26N4O. The molecule has 1 fully saturated rings. The Balaban J connectivity index is 1.52. The van der Waals surface area contributed by atoms with Gasteiger partial charge in [0, 0.05) is 25.8 Å². The second kappa shape index (κ2) is 7.62. The summed E-state index contributed by atoms with van der Waals surface area (Å²) >= 11 is 0. The molecule has 2 rings (SSSR count). The van der Waals surface area contributed by atoms with Gasteiger partial charge in [0.1, 0.15) is 0 Å². The van der Waals surface area contributed by atoms with Crippen molar-refractivity contribution in [2.45, 2.75) is 38.3 Å². The number of aromatic nitrogens is 2. The summed E-state index contributed by atoms with van der Waals surface area (Å²) in [7, 11) is 2.02. The molecule has 1 saturated heterocycles. The third kappa shape index (κ3) is 4.30. The highest BCUT2D eigenvalue weighted by atomic mass is 16.3. The van der Waals surface area contributed by atoms with Gasteiger partial charge in [-0.05, 0) is 45.3 Å². The molecule has 19 heavy (non-hydrogen) atoms. The van der Waals surface area contributed by atoms with Crippen LogP contribution in [0.1, 0.15) is 31.4 Å². The summed E-state index contributed by atoms with van der Waals surface area (Å²) in [5, 5.41) is 12.7. The highest BCUT2D eigenvalue weighted by Gasteiger charge is 2.22. The molecule has 0 aromatic carbocycles. The molecule has 0 aliphatic carbocycles. The van der Waals surface area contributed by atoms with Crippen molar-refractivity contribution < 1.29 is 5.11 Å². The van der Waals surface area contributed by atoms with Crippen molar-refractivity contribution in [1.29, 1.82) is 0 Å². The predicted molar refractivity (Wildman–Crippen MR) is 75.8 cm³/mol. The molecule has 2 heterocycles. The Hall–Kier alpha value is -0.910. The van der Waals surface area contributed by atoms with Crippen LogP contribution in [0.25, 0.3) is 0 Å². The topological polar surface area (TPSA) is 53.3 Å². The molecule has 0 spiro atoms. The maximum Gasteiger partial charge on any atom is 0.0945 e. The molecule has 2 N–H and O–H groups in total. The van der Waals surface area contributed by atoms with Crippen LogP contribution in [0.2, 0.25) is 0 Å². The van der Waals surface area contributed by atoms with Gasteiger partial charge in [-0.15, -0.1) is 0 Å². The highest BCUT2D eigenvalue weighted by Crippen LogP contribution is 2.16. The van der Waals surface area contributed by atoms with E-state index in [4.69, 9.17) is 0 Å². The molecule has 1 aromatic rings. The number of imidazole rings is 1. The summed E-state index contributed by atoms with van der Waals surface area (Å²) in [6, 6.07) is 0.419. The Kier molecular flexibility index (Phi) is 5.82. The summed E-state index contributed by atoms with van der Waals surface area (Å²) in [5.41, 5.74) is 1.22. The van der Waals surface area contributed by atoms with Gasteiger partial charge >= 0.3 is 0 Å². The smallest absolute Gasteiger partial charge is 0.0945 e. The first-order chi connectivity index (χ1) is 9.31.